The van der Waals surface area contributed by atoms with E-state index >= 15 is 0 Å². The molecule has 1 N–H and O–H groups in total. The zero-order chi connectivity index (χ0) is 22.4. The lowest BCUT2D eigenvalue weighted by molar-refractivity contribution is -0.142. The number of nitrogens with zero attached hydrogens (tertiary/aromatic N) is 1. The van der Waals surface area contributed by atoms with E-state index in [1.807, 2.05) is 0 Å². The SMILES string of the molecule is O=C(O)C1(S(=O)(=O)c2ccc3nc(-c4ccc(C(F)(F)F)cc4)sc3c2)CCOCC1. The van der Waals surface area contributed by atoms with Crippen LogP contribution in [0.3, 0.4) is 0 Å². The topological polar surface area (TPSA) is 93.6 Å². The first-order valence-corrected chi connectivity index (χ1v) is 11.5. The molecule has 1 saturated heterocycles. The fraction of sp³-hybridized carbons (Fsp3) is 0.300. The van der Waals surface area contributed by atoms with Gasteiger partial charge in [-0.1, -0.05) is 12.1 Å². The van der Waals surface area contributed by atoms with E-state index in [1.165, 1.54) is 30.3 Å². The Hall–Kier alpha value is -2.50. The minimum absolute atomic E-state index is 0.0341. The van der Waals surface area contributed by atoms with Crippen LogP contribution in [-0.4, -0.2) is 42.4 Å². The molecular weight excluding hydrogens is 455 g/mol. The summed E-state index contributed by atoms with van der Waals surface area (Å²) in [5, 5.41) is 10.1. The lowest BCUT2D eigenvalue weighted by atomic mass is 9.99. The summed E-state index contributed by atoms with van der Waals surface area (Å²) in [6, 6.07) is 8.68. The third-order valence-corrected chi connectivity index (χ3v) is 8.89. The lowest BCUT2D eigenvalue weighted by Gasteiger charge is -2.32. The third kappa shape index (κ3) is 3.70. The predicted molar refractivity (Wildman–Crippen MR) is 108 cm³/mol. The Morgan fingerprint density at radius 1 is 1.10 bits per heavy atom. The zero-order valence-corrected chi connectivity index (χ0v) is 17.5. The Labute approximate surface area is 179 Å². The highest BCUT2D eigenvalue weighted by molar-refractivity contribution is 7.93. The second-order valence-corrected chi connectivity index (χ2v) is 10.4. The number of benzene rings is 2. The van der Waals surface area contributed by atoms with E-state index in [9.17, 15) is 31.5 Å². The number of sulfone groups is 1. The predicted octanol–water partition coefficient (Wildman–Crippen LogP) is 4.39. The minimum atomic E-state index is -4.44. The van der Waals surface area contributed by atoms with Crippen molar-refractivity contribution in [3.63, 3.8) is 0 Å². The Kier molecular flexibility index (Phi) is 5.31. The molecule has 1 fully saturated rings. The van der Waals surface area contributed by atoms with Crippen LogP contribution in [0.15, 0.2) is 47.4 Å². The lowest BCUT2D eigenvalue weighted by Crippen LogP contribution is -2.50. The molecule has 3 aromatic rings. The van der Waals surface area contributed by atoms with Gasteiger partial charge < -0.3 is 9.84 Å². The second-order valence-electron chi connectivity index (χ2n) is 7.14. The molecule has 4 rings (SSSR count). The molecular formula is C20H16F3NO5S2. The third-order valence-electron chi connectivity index (χ3n) is 5.33. The summed E-state index contributed by atoms with van der Waals surface area (Å²) in [4.78, 5) is 16.2. The number of ether oxygens (including phenoxy) is 1. The van der Waals surface area contributed by atoms with Gasteiger partial charge in [0.15, 0.2) is 14.6 Å². The van der Waals surface area contributed by atoms with E-state index in [0.29, 0.717) is 20.8 Å². The summed E-state index contributed by atoms with van der Waals surface area (Å²) in [7, 11) is -4.22. The van der Waals surface area contributed by atoms with Crippen LogP contribution in [-0.2, 0) is 25.5 Å². The van der Waals surface area contributed by atoms with Crippen LogP contribution in [0, 0.1) is 0 Å². The van der Waals surface area contributed by atoms with Crippen LogP contribution in [0.5, 0.6) is 0 Å². The van der Waals surface area contributed by atoms with Crippen molar-refractivity contribution in [3.05, 3.63) is 48.0 Å². The normalized spacial score (nSPS) is 17.0. The summed E-state index contributed by atoms with van der Waals surface area (Å²) in [6.07, 6.45) is -4.75. The van der Waals surface area contributed by atoms with Gasteiger partial charge in [0.2, 0.25) is 0 Å². The van der Waals surface area contributed by atoms with Crippen LogP contribution in [0.25, 0.3) is 20.8 Å². The van der Waals surface area contributed by atoms with Gasteiger partial charge in [0.1, 0.15) is 5.01 Å². The maximum Gasteiger partial charge on any atom is 0.416 e. The number of fused-ring (bicyclic) bond motifs is 1. The molecule has 11 heteroatoms. The average Bonchev–Trinajstić information content (AvgIpc) is 3.17. The summed E-state index contributed by atoms with van der Waals surface area (Å²) in [6.45, 7) is 0.0683. The highest BCUT2D eigenvalue weighted by Crippen LogP contribution is 2.38. The number of alkyl halides is 3. The minimum Gasteiger partial charge on any atom is -0.480 e. The molecule has 0 atom stereocenters. The zero-order valence-electron chi connectivity index (χ0n) is 15.8. The largest absolute Gasteiger partial charge is 0.480 e. The van der Waals surface area contributed by atoms with Crippen molar-refractivity contribution in [2.24, 2.45) is 0 Å². The van der Waals surface area contributed by atoms with Gasteiger partial charge in [0.25, 0.3) is 0 Å². The summed E-state index contributed by atoms with van der Waals surface area (Å²) < 4.78 is 68.5. The molecule has 0 unspecified atom stereocenters. The first kappa shape index (κ1) is 21.7. The Bertz CT molecular complexity index is 1240. The van der Waals surface area contributed by atoms with E-state index in [1.54, 1.807) is 0 Å². The number of halogens is 3. The van der Waals surface area contributed by atoms with E-state index in [0.717, 1.165) is 23.5 Å². The van der Waals surface area contributed by atoms with Crippen molar-refractivity contribution >= 4 is 37.4 Å². The van der Waals surface area contributed by atoms with Gasteiger partial charge in [-0.15, -0.1) is 11.3 Å². The first-order chi connectivity index (χ1) is 14.5. The number of aliphatic carboxylic acids is 1. The van der Waals surface area contributed by atoms with E-state index in [2.05, 4.69) is 4.98 Å². The molecule has 1 aliphatic heterocycles. The van der Waals surface area contributed by atoms with Gasteiger partial charge in [-0.25, -0.2) is 13.4 Å². The number of hydrogen-bond donors (Lipinski definition) is 1. The van der Waals surface area contributed by atoms with Gasteiger partial charge in [-0.2, -0.15) is 13.2 Å². The molecule has 0 bridgehead atoms. The van der Waals surface area contributed by atoms with Crippen molar-refractivity contribution in [1.82, 2.24) is 4.98 Å². The van der Waals surface area contributed by atoms with Gasteiger partial charge >= 0.3 is 12.1 Å². The smallest absolute Gasteiger partial charge is 0.416 e. The highest BCUT2D eigenvalue weighted by Gasteiger charge is 2.52. The van der Waals surface area contributed by atoms with E-state index < -0.39 is 32.3 Å². The van der Waals surface area contributed by atoms with Gasteiger partial charge in [0.05, 0.1) is 20.7 Å². The number of hydrogen-bond acceptors (Lipinski definition) is 6. The van der Waals surface area contributed by atoms with Crippen molar-refractivity contribution in [3.8, 4) is 10.6 Å². The van der Waals surface area contributed by atoms with Crippen molar-refractivity contribution in [2.75, 3.05) is 13.2 Å². The van der Waals surface area contributed by atoms with Gasteiger partial charge in [0, 0.05) is 31.6 Å². The Morgan fingerprint density at radius 3 is 2.32 bits per heavy atom. The summed E-state index contributed by atoms with van der Waals surface area (Å²) >= 11 is 1.12. The molecule has 0 spiro atoms. The van der Waals surface area contributed by atoms with E-state index in [4.69, 9.17) is 4.74 Å². The number of carboxylic acid groups (broad SMARTS) is 1. The maximum atomic E-state index is 13.2. The summed E-state index contributed by atoms with van der Waals surface area (Å²) in [5.41, 5.74) is 0.154. The van der Waals surface area contributed by atoms with Crippen molar-refractivity contribution < 1.29 is 36.2 Å². The second kappa shape index (κ2) is 7.57. The first-order valence-electron chi connectivity index (χ1n) is 9.19. The standard InChI is InChI=1S/C20H16F3NO5S2/c21-20(22,23)13-3-1-12(2-4-13)17-24-15-6-5-14(11-16(15)30-17)31(27,28)19(18(25)26)7-9-29-10-8-19/h1-6,11H,7-10H2,(H,25,26). The molecule has 2 aromatic carbocycles. The quantitative estimate of drug-likeness (QED) is 0.607. The summed E-state index contributed by atoms with van der Waals surface area (Å²) in [5.74, 6) is -1.41. The molecule has 6 nitrogen and oxygen atoms in total. The van der Waals surface area contributed by atoms with Gasteiger partial charge in [-0.3, -0.25) is 4.79 Å². The Balaban J connectivity index is 1.73. The molecule has 0 saturated carbocycles. The molecule has 0 aliphatic carbocycles. The fourth-order valence-electron chi connectivity index (χ4n) is 3.52. The number of rotatable bonds is 4. The Morgan fingerprint density at radius 2 is 1.74 bits per heavy atom. The molecule has 0 radical (unpaired) electrons. The van der Waals surface area contributed by atoms with Crippen LogP contribution in [0.2, 0.25) is 0 Å². The molecule has 31 heavy (non-hydrogen) atoms. The highest BCUT2D eigenvalue weighted by atomic mass is 32.2. The molecule has 1 aliphatic rings. The molecule has 1 aromatic heterocycles. The molecule has 0 amide bonds. The van der Waals surface area contributed by atoms with Crippen LogP contribution in [0.4, 0.5) is 13.2 Å². The van der Waals surface area contributed by atoms with Crippen LogP contribution >= 0.6 is 11.3 Å². The molecule has 164 valence electrons. The number of carboxylic acids is 1. The molecule has 2 heterocycles. The number of carbonyl (C=O) groups is 1. The number of aromatic nitrogens is 1. The van der Waals surface area contributed by atoms with Crippen LogP contribution in [0.1, 0.15) is 18.4 Å². The van der Waals surface area contributed by atoms with E-state index in [-0.39, 0.29) is 31.0 Å². The monoisotopic (exact) mass is 471 g/mol. The maximum absolute atomic E-state index is 13.2. The van der Waals surface area contributed by atoms with Crippen LogP contribution < -0.4 is 0 Å². The fourth-order valence-corrected chi connectivity index (χ4v) is 6.51. The van der Waals surface area contributed by atoms with Gasteiger partial charge in [-0.05, 0) is 30.3 Å². The number of thiazole rings is 1. The van der Waals surface area contributed by atoms with Crippen molar-refractivity contribution in [2.45, 2.75) is 28.7 Å². The van der Waals surface area contributed by atoms with Crippen molar-refractivity contribution in [1.29, 1.82) is 0 Å². The average molecular weight is 471 g/mol.